The summed E-state index contributed by atoms with van der Waals surface area (Å²) < 4.78 is 19.7. The van der Waals surface area contributed by atoms with E-state index in [1.54, 1.807) is 19.2 Å². The van der Waals surface area contributed by atoms with E-state index in [0.717, 1.165) is 51.0 Å². The molecular formula is C16H25FN2O. The molecule has 0 radical (unpaired) electrons. The molecular weight excluding hydrogens is 255 g/mol. The van der Waals surface area contributed by atoms with E-state index in [9.17, 15) is 4.39 Å². The van der Waals surface area contributed by atoms with Crippen molar-refractivity contribution in [1.29, 1.82) is 0 Å². The van der Waals surface area contributed by atoms with E-state index >= 15 is 0 Å². The Balaban J connectivity index is 2.29. The summed E-state index contributed by atoms with van der Waals surface area (Å²) in [5.74, 6) is 0.522. The zero-order valence-corrected chi connectivity index (χ0v) is 12.5. The fourth-order valence-corrected chi connectivity index (χ4v) is 2.92. The second kappa shape index (κ2) is 7.60. The summed E-state index contributed by atoms with van der Waals surface area (Å²) in [4.78, 5) is 2.38. The molecule has 1 N–H and O–H groups in total. The smallest absolute Gasteiger partial charge is 0.131 e. The minimum Gasteiger partial charge on any atom is -0.496 e. The van der Waals surface area contributed by atoms with E-state index in [4.69, 9.17) is 4.74 Å². The maximum absolute atomic E-state index is 14.3. The number of unbranched alkanes of at least 4 members (excludes halogenated alkanes) is 1. The molecule has 2 rings (SSSR count). The first-order valence-electron chi connectivity index (χ1n) is 7.55. The van der Waals surface area contributed by atoms with Gasteiger partial charge in [0.05, 0.1) is 7.11 Å². The van der Waals surface area contributed by atoms with Crippen molar-refractivity contribution < 1.29 is 9.13 Å². The average molecular weight is 280 g/mol. The van der Waals surface area contributed by atoms with Crippen LogP contribution < -0.4 is 10.1 Å². The second-order valence-corrected chi connectivity index (χ2v) is 5.30. The van der Waals surface area contributed by atoms with Crippen LogP contribution in [0.4, 0.5) is 4.39 Å². The molecule has 0 saturated carbocycles. The molecule has 112 valence electrons. The Kier molecular flexibility index (Phi) is 5.80. The van der Waals surface area contributed by atoms with E-state index in [2.05, 4.69) is 17.1 Å². The molecule has 0 aliphatic carbocycles. The highest BCUT2D eigenvalue weighted by molar-refractivity contribution is 5.37. The summed E-state index contributed by atoms with van der Waals surface area (Å²) in [6.45, 7) is 6.05. The summed E-state index contributed by atoms with van der Waals surface area (Å²) in [5, 5.41) is 3.35. The fourth-order valence-electron chi connectivity index (χ4n) is 2.92. The van der Waals surface area contributed by atoms with Crippen molar-refractivity contribution in [3.63, 3.8) is 0 Å². The average Bonchev–Trinajstić information content (AvgIpc) is 2.50. The van der Waals surface area contributed by atoms with Gasteiger partial charge in [-0.25, -0.2) is 4.39 Å². The van der Waals surface area contributed by atoms with Crippen molar-refractivity contribution in [3.05, 3.63) is 29.6 Å². The Morgan fingerprint density at radius 1 is 1.35 bits per heavy atom. The highest BCUT2D eigenvalue weighted by Crippen LogP contribution is 2.35. The van der Waals surface area contributed by atoms with E-state index in [-0.39, 0.29) is 11.9 Å². The first-order chi connectivity index (χ1) is 9.77. The molecule has 1 heterocycles. The largest absolute Gasteiger partial charge is 0.496 e. The fraction of sp³-hybridized carbons (Fsp3) is 0.625. The van der Waals surface area contributed by atoms with Crippen LogP contribution in [0.1, 0.15) is 37.8 Å². The summed E-state index contributed by atoms with van der Waals surface area (Å²) in [6, 6.07) is 5.23. The van der Waals surface area contributed by atoms with Crippen LogP contribution in [-0.2, 0) is 0 Å². The maximum atomic E-state index is 14.3. The molecule has 1 saturated heterocycles. The van der Waals surface area contributed by atoms with Crippen LogP contribution in [0.3, 0.4) is 0 Å². The molecule has 1 fully saturated rings. The number of methoxy groups -OCH3 is 1. The van der Waals surface area contributed by atoms with Crippen molar-refractivity contribution in [1.82, 2.24) is 10.2 Å². The molecule has 1 aromatic carbocycles. The number of hydrogen-bond donors (Lipinski definition) is 1. The summed E-state index contributed by atoms with van der Waals surface area (Å²) in [6.07, 6.45) is 3.21. The van der Waals surface area contributed by atoms with Gasteiger partial charge in [-0.15, -0.1) is 0 Å². The number of nitrogens with zero attached hydrogens (tertiary/aromatic N) is 1. The molecule has 0 amide bonds. The van der Waals surface area contributed by atoms with Gasteiger partial charge in [-0.3, -0.25) is 4.90 Å². The van der Waals surface area contributed by atoms with Gasteiger partial charge in [0.1, 0.15) is 11.6 Å². The number of nitrogens with one attached hydrogen (secondary N) is 1. The number of hydrogen-bond acceptors (Lipinski definition) is 3. The lowest BCUT2D eigenvalue weighted by molar-refractivity contribution is 0.157. The predicted molar refractivity (Wildman–Crippen MR) is 79.7 cm³/mol. The predicted octanol–water partition coefficient (Wildman–Crippen LogP) is 2.97. The lowest BCUT2D eigenvalue weighted by Crippen LogP contribution is -2.45. The highest BCUT2D eigenvalue weighted by Gasteiger charge is 2.26. The number of piperazine rings is 1. The van der Waals surface area contributed by atoms with Gasteiger partial charge < -0.3 is 10.1 Å². The normalized spacial score (nSPS) is 17.9. The van der Waals surface area contributed by atoms with Crippen LogP contribution in [0.5, 0.6) is 5.75 Å². The van der Waals surface area contributed by atoms with Gasteiger partial charge in [0.2, 0.25) is 0 Å². The van der Waals surface area contributed by atoms with Crippen LogP contribution in [0, 0.1) is 5.82 Å². The topological polar surface area (TPSA) is 24.5 Å². The molecule has 1 atom stereocenters. The monoisotopic (exact) mass is 280 g/mol. The first-order valence-corrected chi connectivity index (χ1v) is 7.55. The Labute approximate surface area is 121 Å². The zero-order valence-electron chi connectivity index (χ0n) is 12.5. The van der Waals surface area contributed by atoms with E-state index in [1.807, 2.05) is 6.07 Å². The lowest BCUT2D eigenvalue weighted by Gasteiger charge is -2.36. The van der Waals surface area contributed by atoms with Gasteiger partial charge in [0.25, 0.3) is 0 Å². The van der Waals surface area contributed by atoms with Gasteiger partial charge in [0, 0.05) is 37.8 Å². The third-order valence-electron chi connectivity index (χ3n) is 3.99. The van der Waals surface area contributed by atoms with Crippen molar-refractivity contribution in [2.75, 3.05) is 33.3 Å². The number of benzene rings is 1. The number of halogens is 1. The third-order valence-corrected chi connectivity index (χ3v) is 3.99. The molecule has 1 aliphatic heterocycles. The molecule has 1 aliphatic rings. The van der Waals surface area contributed by atoms with Crippen LogP contribution >= 0.6 is 0 Å². The molecule has 0 aromatic heterocycles. The lowest BCUT2D eigenvalue weighted by atomic mass is 9.97. The van der Waals surface area contributed by atoms with Gasteiger partial charge in [-0.2, -0.15) is 0 Å². The Morgan fingerprint density at radius 2 is 2.10 bits per heavy atom. The zero-order chi connectivity index (χ0) is 14.4. The SMILES string of the molecule is CCCC[C@@H](c1c(F)cccc1OC)N1CCNCC1. The van der Waals surface area contributed by atoms with E-state index < -0.39 is 0 Å². The van der Waals surface area contributed by atoms with E-state index in [1.165, 1.54) is 0 Å². The van der Waals surface area contributed by atoms with Crippen molar-refractivity contribution in [2.24, 2.45) is 0 Å². The molecule has 3 nitrogen and oxygen atoms in total. The maximum Gasteiger partial charge on any atom is 0.131 e. The van der Waals surface area contributed by atoms with Crippen molar-refractivity contribution in [3.8, 4) is 5.75 Å². The van der Waals surface area contributed by atoms with E-state index in [0.29, 0.717) is 5.75 Å². The second-order valence-electron chi connectivity index (χ2n) is 5.30. The number of rotatable bonds is 6. The molecule has 20 heavy (non-hydrogen) atoms. The molecule has 4 heteroatoms. The minimum absolute atomic E-state index is 0.119. The van der Waals surface area contributed by atoms with Gasteiger partial charge in [-0.1, -0.05) is 25.8 Å². The quantitative estimate of drug-likeness (QED) is 0.867. The minimum atomic E-state index is -0.149. The van der Waals surface area contributed by atoms with Crippen LogP contribution in [0.2, 0.25) is 0 Å². The summed E-state index contributed by atoms with van der Waals surface area (Å²) in [5.41, 5.74) is 0.727. The molecule has 1 aromatic rings. The highest BCUT2D eigenvalue weighted by atomic mass is 19.1. The van der Waals surface area contributed by atoms with Crippen LogP contribution in [0.15, 0.2) is 18.2 Å². The summed E-state index contributed by atoms with van der Waals surface area (Å²) >= 11 is 0. The Hall–Kier alpha value is -1.13. The first kappa shape index (κ1) is 15.3. The third kappa shape index (κ3) is 3.49. The molecule has 0 bridgehead atoms. The Bertz CT molecular complexity index is 419. The van der Waals surface area contributed by atoms with Crippen molar-refractivity contribution in [2.45, 2.75) is 32.2 Å². The molecule has 0 spiro atoms. The standard InChI is InChI=1S/C16H25FN2O/c1-3-4-7-14(19-11-9-18-10-12-19)16-13(17)6-5-8-15(16)20-2/h5-6,8,14,18H,3-4,7,9-12H2,1-2H3/t14-/m0/s1. The number of ether oxygens (including phenoxy) is 1. The Morgan fingerprint density at radius 3 is 2.75 bits per heavy atom. The molecule has 0 unspecified atom stereocenters. The van der Waals surface area contributed by atoms with Gasteiger partial charge in [0.15, 0.2) is 0 Å². The van der Waals surface area contributed by atoms with Crippen LogP contribution in [-0.4, -0.2) is 38.2 Å². The van der Waals surface area contributed by atoms with Gasteiger partial charge >= 0.3 is 0 Å². The van der Waals surface area contributed by atoms with Crippen LogP contribution in [0.25, 0.3) is 0 Å². The summed E-state index contributed by atoms with van der Waals surface area (Å²) in [7, 11) is 1.62. The van der Waals surface area contributed by atoms with Crippen molar-refractivity contribution >= 4 is 0 Å². The van der Waals surface area contributed by atoms with Gasteiger partial charge in [-0.05, 0) is 18.6 Å².